The summed E-state index contributed by atoms with van der Waals surface area (Å²) in [7, 11) is 0. The highest BCUT2D eigenvalue weighted by Gasteiger charge is 2.36. The van der Waals surface area contributed by atoms with Crippen LogP contribution in [0.5, 0.6) is 0 Å². The molecule has 0 unspecified atom stereocenters. The molecule has 0 radical (unpaired) electrons. The maximum atomic E-state index is 2.52. The van der Waals surface area contributed by atoms with Gasteiger partial charge in [-0.2, -0.15) is 0 Å². The molecule has 0 aliphatic heterocycles. The molecule has 294 valence electrons. The lowest BCUT2D eigenvalue weighted by atomic mass is 9.80. The Balaban J connectivity index is 0.995. The van der Waals surface area contributed by atoms with Crippen LogP contribution >= 0.6 is 22.7 Å². The normalized spacial score (nSPS) is 13.4. The summed E-state index contributed by atoms with van der Waals surface area (Å²) in [5.41, 5.74) is 13.1. The van der Waals surface area contributed by atoms with Gasteiger partial charge >= 0.3 is 0 Å². The largest absolute Gasteiger partial charge is 0.135 e. The Morgan fingerprint density at radius 2 is 0.921 bits per heavy atom. The molecular formula is C61H38S2. The summed E-state index contributed by atoms with van der Waals surface area (Å²) in [6.07, 6.45) is 0. The Morgan fingerprint density at radius 1 is 0.317 bits per heavy atom. The van der Waals surface area contributed by atoms with E-state index >= 15 is 0 Å². The third-order valence-corrected chi connectivity index (χ3v) is 16.6. The molecule has 2 heterocycles. The number of thiophene rings is 2. The molecule has 0 atom stereocenters. The Labute approximate surface area is 372 Å². The van der Waals surface area contributed by atoms with Crippen LogP contribution in [-0.2, 0) is 5.41 Å². The van der Waals surface area contributed by atoms with Crippen molar-refractivity contribution in [3.63, 3.8) is 0 Å². The van der Waals surface area contributed by atoms with Gasteiger partial charge in [0.15, 0.2) is 0 Å². The molecule has 0 nitrogen and oxygen atoms in total. The summed E-state index contributed by atoms with van der Waals surface area (Å²) in [5, 5.41) is 15.7. The standard InChI is InChI=1S/C61H38S2/c1-61(2)51-31-28-37(56-58-48-23-11-12-25-53(48)62-54(58)34-50-47-30-26-36-15-4-6-18-40(36)59(47)63-60(50)56)32-49(51)41-29-27-38(33-52(41)61)55-43-19-7-9-21-45(43)57(46-22-10-8-20-44(46)55)42-24-13-16-35-14-3-5-17-39(35)42/h3-34H,1-2H3. The monoisotopic (exact) mass is 834 g/mol. The van der Waals surface area contributed by atoms with Crippen LogP contribution in [0.1, 0.15) is 25.0 Å². The predicted molar refractivity (Wildman–Crippen MR) is 276 cm³/mol. The summed E-state index contributed by atoms with van der Waals surface area (Å²) < 4.78 is 5.43. The number of hydrogen-bond donors (Lipinski definition) is 0. The van der Waals surface area contributed by atoms with Gasteiger partial charge in [-0.1, -0.05) is 184 Å². The van der Waals surface area contributed by atoms with Gasteiger partial charge in [0.25, 0.3) is 0 Å². The zero-order chi connectivity index (χ0) is 41.6. The van der Waals surface area contributed by atoms with Crippen LogP contribution in [0.3, 0.4) is 0 Å². The first-order valence-corrected chi connectivity index (χ1v) is 23.5. The fourth-order valence-corrected chi connectivity index (χ4v) is 13.9. The van der Waals surface area contributed by atoms with Gasteiger partial charge in [0.1, 0.15) is 0 Å². The highest BCUT2D eigenvalue weighted by Crippen LogP contribution is 2.55. The molecule has 0 saturated carbocycles. The van der Waals surface area contributed by atoms with Gasteiger partial charge in [0.2, 0.25) is 0 Å². The van der Waals surface area contributed by atoms with Gasteiger partial charge in [-0.3, -0.25) is 0 Å². The minimum Gasteiger partial charge on any atom is -0.135 e. The van der Waals surface area contributed by atoms with E-state index in [0.717, 1.165) is 0 Å². The average Bonchev–Trinajstić information content (AvgIpc) is 3.96. The zero-order valence-corrected chi connectivity index (χ0v) is 36.4. The van der Waals surface area contributed by atoms with Gasteiger partial charge in [-0.05, 0) is 117 Å². The van der Waals surface area contributed by atoms with Crippen LogP contribution in [0.15, 0.2) is 194 Å². The molecule has 0 N–H and O–H groups in total. The summed E-state index contributed by atoms with van der Waals surface area (Å²) in [4.78, 5) is 0. The summed E-state index contributed by atoms with van der Waals surface area (Å²) in [5.74, 6) is 0. The quantitative estimate of drug-likeness (QED) is 0.156. The number of fused-ring (bicyclic) bond motifs is 14. The molecule has 0 saturated heterocycles. The van der Waals surface area contributed by atoms with Gasteiger partial charge in [0, 0.05) is 51.3 Å². The highest BCUT2D eigenvalue weighted by atomic mass is 32.1. The van der Waals surface area contributed by atoms with Gasteiger partial charge in [0.05, 0.1) is 0 Å². The third-order valence-electron chi connectivity index (χ3n) is 14.2. The van der Waals surface area contributed by atoms with E-state index in [2.05, 4.69) is 208 Å². The zero-order valence-electron chi connectivity index (χ0n) is 34.8. The van der Waals surface area contributed by atoms with Crippen molar-refractivity contribution in [2.24, 2.45) is 0 Å². The molecule has 0 bridgehead atoms. The second kappa shape index (κ2) is 13.0. The van der Waals surface area contributed by atoms with Crippen LogP contribution in [0.4, 0.5) is 0 Å². The molecule has 2 aromatic heterocycles. The lowest BCUT2D eigenvalue weighted by Gasteiger charge is -2.23. The summed E-state index contributed by atoms with van der Waals surface area (Å²) >= 11 is 3.88. The molecule has 13 aromatic rings. The maximum Gasteiger partial charge on any atom is 0.0441 e. The number of hydrogen-bond acceptors (Lipinski definition) is 2. The number of benzene rings is 11. The molecule has 11 aromatic carbocycles. The SMILES string of the molecule is CC1(C)c2ccc(-c3c4sc5c6ccccc6ccc5c4cc4sc5ccccc5c34)cc2-c2ccc(-c3c4ccccc4c(-c4cccc5ccccc45)c4ccccc34)cc21. The van der Waals surface area contributed by atoms with Gasteiger partial charge < -0.3 is 0 Å². The predicted octanol–water partition coefficient (Wildman–Crippen LogP) is 18.3. The molecule has 0 amide bonds. The molecular weight excluding hydrogens is 797 g/mol. The highest BCUT2D eigenvalue weighted by molar-refractivity contribution is 7.28. The second-order valence-corrected chi connectivity index (χ2v) is 20.0. The molecule has 14 rings (SSSR count). The van der Waals surface area contributed by atoms with Crippen LogP contribution < -0.4 is 0 Å². The van der Waals surface area contributed by atoms with Crippen molar-refractivity contribution in [1.82, 2.24) is 0 Å². The Bertz CT molecular complexity index is 4060. The molecule has 0 spiro atoms. The van der Waals surface area contributed by atoms with E-state index in [1.807, 2.05) is 22.7 Å². The topological polar surface area (TPSA) is 0 Å². The Morgan fingerprint density at radius 3 is 1.68 bits per heavy atom. The minimum atomic E-state index is -0.180. The molecule has 0 fully saturated rings. The molecule has 63 heavy (non-hydrogen) atoms. The lowest BCUT2D eigenvalue weighted by Crippen LogP contribution is -2.15. The van der Waals surface area contributed by atoms with E-state index in [4.69, 9.17) is 0 Å². The molecule has 1 aliphatic rings. The van der Waals surface area contributed by atoms with Gasteiger partial charge in [-0.15, -0.1) is 22.7 Å². The van der Waals surface area contributed by atoms with E-state index in [0.29, 0.717) is 0 Å². The Kier molecular flexibility index (Phi) is 7.31. The minimum absolute atomic E-state index is 0.180. The third kappa shape index (κ3) is 4.91. The van der Waals surface area contributed by atoms with Gasteiger partial charge in [-0.25, -0.2) is 0 Å². The summed E-state index contributed by atoms with van der Waals surface area (Å²) in [6.45, 7) is 4.84. The number of rotatable bonds is 3. The first kappa shape index (κ1) is 35.5. The maximum absolute atomic E-state index is 2.52. The van der Waals surface area contributed by atoms with Crippen LogP contribution in [0, 0.1) is 0 Å². The molecule has 1 aliphatic carbocycles. The first-order valence-electron chi connectivity index (χ1n) is 21.9. The fourth-order valence-electron chi connectivity index (χ4n) is 11.4. The van der Waals surface area contributed by atoms with Crippen LogP contribution in [0.2, 0.25) is 0 Å². The Hall–Kier alpha value is -7.10. The van der Waals surface area contributed by atoms with Crippen molar-refractivity contribution < 1.29 is 0 Å². The van der Waals surface area contributed by atoms with Crippen molar-refractivity contribution in [2.45, 2.75) is 19.3 Å². The van der Waals surface area contributed by atoms with E-state index in [-0.39, 0.29) is 5.41 Å². The lowest BCUT2D eigenvalue weighted by molar-refractivity contribution is 0.660. The van der Waals surface area contributed by atoms with E-state index in [1.165, 1.54) is 139 Å². The smallest absolute Gasteiger partial charge is 0.0441 e. The van der Waals surface area contributed by atoms with Crippen LogP contribution in [0.25, 0.3) is 128 Å². The van der Waals surface area contributed by atoms with E-state index < -0.39 is 0 Å². The molecule has 2 heteroatoms. The van der Waals surface area contributed by atoms with Crippen molar-refractivity contribution >= 4 is 106 Å². The van der Waals surface area contributed by atoms with Crippen molar-refractivity contribution in [2.75, 3.05) is 0 Å². The average molecular weight is 835 g/mol. The van der Waals surface area contributed by atoms with Crippen molar-refractivity contribution in [3.8, 4) is 44.5 Å². The second-order valence-electron chi connectivity index (χ2n) is 17.9. The fraction of sp³-hybridized carbons (Fsp3) is 0.0492. The van der Waals surface area contributed by atoms with Crippen LogP contribution in [-0.4, -0.2) is 0 Å². The van der Waals surface area contributed by atoms with E-state index in [1.54, 1.807) is 0 Å². The first-order chi connectivity index (χ1) is 31.0. The van der Waals surface area contributed by atoms with Crippen molar-refractivity contribution in [3.05, 3.63) is 205 Å². The van der Waals surface area contributed by atoms with Crippen molar-refractivity contribution in [1.29, 1.82) is 0 Å². The van der Waals surface area contributed by atoms with E-state index in [9.17, 15) is 0 Å². The summed E-state index contributed by atoms with van der Waals surface area (Å²) in [6, 6.07) is 73.3.